The van der Waals surface area contributed by atoms with E-state index in [9.17, 15) is 9.90 Å². The fourth-order valence-corrected chi connectivity index (χ4v) is 3.82. The van der Waals surface area contributed by atoms with Gasteiger partial charge in [-0.15, -0.1) is 0 Å². The van der Waals surface area contributed by atoms with Crippen LogP contribution in [0.2, 0.25) is 0 Å². The Labute approximate surface area is 188 Å². The van der Waals surface area contributed by atoms with Crippen molar-refractivity contribution < 1.29 is 9.90 Å². The maximum Gasteiger partial charge on any atom is 0.251 e. The molecule has 166 valence electrons. The van der Waals surface area contributed by atoms with Crippen LogP contribution in [-0.4, -0.2) is 46.7 Å². The molecule has 1 fully saturated rings. The summed E-state index contributed by atoms with van der Waals surface area (Å²) in [6.45, 7) is 2.34. The van der Waals surface area contributed by atoms with E-state index in [-0.39, 0.29) is 11.7 Å². The number of nitrogens with zero attached hydrogens (tertiary/aromatic N) is 2. The van der Waals surface area contributed by atoms with Crippen molar-refractivity contribution in [3.05, 3.63) is 71.9 Å². The molecule has 0 saturated carbocycles. The van der Waals surface area contributed by atoms with Crippen molar-refractivity contribution in [2.45, 2.75) is 31.7 Å². The number of anilines is 1. The summed E-state index contributed by atoms with van der Waals surface area (Å²) >= 11 is 0. The van der Waals surface area contributed by atoms with E-state index in [0.29, 0.717) is 30.6 Å². The van der Waals surface area contributed by atoms with Crippen molar-refractivity contribution in [1.29, 1.82) is 0 Å². The first-order valence-electron chi connectivity index (χ1n) is 11.1. The van der Waals surface area contributed by atoms with Gasteiger partial charge >= 0.3 is 0 Å². The second-order valence-corrected chi connectivity index (χ2v) is 8.05. The number of phenolic OH excluding ortho intramolecular Hbond substituents is 1. The highest BCUT2D eigenvalue weighted by molar-refractivity contribution is 5.95. The Morgan fingerprint density at radius 2 is 2.00 bits per heavy atom. The number of phenols is 1. The third kappa shape index (κ3) is 6.04. The number of aromatic nitrogens is 2. The lowest BCUT2D eigenvalue weighted by Gasteiger charge is -2.23. The minimum Gasteiger partial charge on any atom is -0.508 e. The van der Waals surface area contributed by atoms with Crippen LogP contribution in [0.4, 0.5) is 5.95 Å². The summed E-state index contributed by atoms with van der Waals surface area (Å²) in [4.78, 5) is 21.5. The van der Waals surface area contributed by atoms with Crippen molar-refractivity contribution in [1.82, 2.24) is 20.6 Å². The van der Waals surface area contributed by atoms with Gasteiger partial charge in [-0.25, -0.2) is 9.97 Å². The van der Waals surface area contributed by atoms with Gasteiger partial charge in [0.05, 0.1) is 5.69 Å². The molecule has 1 atom stereocenters. The number of piperidine rings is 1. The van der Waals surface area contributed by atoms with Gasteiger partial charge in [-0.05, 0) is 61.7 Å². The van der Waals surface area contributed by atoms with Gasteiger partial charge in [0, 0.05) is 36.5 Å². The highest BCUT2D eigenvalue weighted by Gasteiger charge is 2.14. The monoisotopic (exact) mass is 431 g/mol. The molecular formula is C25H29N5O2. The van der Waals surface area contributed by atoms with Gasteiger partial charge in [0.1, 0.15) is 5.75 Å². The average Bonchev–Trinajstić information content (AvgIpc) is 2.85. The zero-order valence-corrected chi connectivity index (χ0v) is 18.1. The van der Waals surface area contributed by atoms with Crippen LogP contribution < -0.4 is 16.0 Å². The van der Waals surface area contributed by atoms with E-state index in [4.69, 9.17) is 0 Å². The number of amides is 1. The standard InChI is InChI=1S/C25H29N5O2/c31-22-9-7-18(8-10-22)11-14-27-25-28-15-12-23(30-25)19-4-3-5-20(16-19)24(32)29-17-21-6-1-2-13-26-21/h3-5,7-10,12,15-16,21,26,31H,1-2,6,11,13-14,17H2,(H,29,32)(H,27,28,30). The van der Waals surface area contributed by atoms with Crippen molar-refractivity contribution >= 4 is 11.9 Å². The Balaban J connectivity index is 1.35. The van der Waals surface area contributed by atoms with Gasteiger partial charge in [0.15, 0.2) is 0 Å². The summed E-state index contributed by atoms with van der Waals surface area (Å²) in [7, 11) is 0. The van der Waals surface area contributed by atoms with Crippen LogP contribution in [0.5, 0.6) is 5.75 Å². The summed E-state index contributed by atoms with van der Waals surface area (Å²) in [6, 6.07) is 16.9. The third-order valence-corrected chi connectivity index (χ3v) is 5.63. The first-order chi connectivity index (χ1) is 15.7. The van der Waals surface area contributed by atoms with E-state index < -0.39 is 0 Å². The van der Waals surface area contributed by atoms with E-state index in [1.807, 2.05) is 42.5 Å². The summed E-state index contributed by atoms with van der Waals surface area (Å²) in [5.41, 5.74) is 3.38. The van der Waals surface area contributed by atoms with Crippen LogP contribution in [0.1, 0.15) is 35.2 Å². The van der Waals surface area contributed by atoms with E-state index in [1.54, 1.807) is 18.3 Å². The maximum absolute atomic E-state index is 12.6. The summed E-state index contributed by atoms with van der Waals surface area (Å²) in [6.07, 6.45) is 6.02. The molecule has 1 unspecified atom stereocenters. The number of carbonyl (C=O) groups excluding carboxylic acids is 1. The SMILES string of the molecule is O=C(NCC1CCCCN1)c1cccc(-c2ccnc(NCCc3ccc(O)cc3)n2)c1. The minimum absolute atomic E-state index is 0.0690. The molecule has 3 aromatic rings. The maximum atomic E-state index is 12.6. The van der Waals surface area contributed by atoms with Crippen LogP contribution in [0.15, 0.2) is 60.8 Å². The summed E-state index contributed by atoms with van der Waals surface area (Å²) in [5, 5.41) is 19.1. The Morgan fingerprint density at radius 3 is 2.81 bits per heavy atom. The highest BCUT2D eigenvalue weighted by Crippen LogP contribution is 2.19. The molecule has 7 heteroatoms. The van der Waals surface area contributed by atoms with Crippen LogP contribution in [0, 0.1) is 0 Å². The smallest absolute Gasteiger partial charge is 0.251 e. The largest absolute Gasteiger partial charge is 0.508 e. The lowest BCUT2D eigenvalue weighted by Crippen LogP contribution is -2.43. The van der Waals surface area contributed by atoms with Crippen LogP contribution in [0.3, 0.4) is 0 Å². The quantitative estimate of drug-likeness (QED) is 0.436. The summed E-state index contributed by atoms with van der Waals surface area (Å²) < 4.78 is 0. The molecule has 1 aliphatic heterocycles. The lowest BCUT2D eigenvalue weighted by molar-refractivity contribution is 0.0948. The Bertz CT molecular complexity index is 1030. The minimum atomic E-state index is -0.0690. The lowest BCUT2D eigenvalue weighted by atomic mass is 10.0. The van der Waals surface area contributed by atoms with Crippen LogP contribution in [-0.2, 0) is 6.42 Å². The fraction of sp³-hybridized carbons (Fsp3) is 0.320. The summed E-state index contributed by atoms with van der Waals surface area (Å²) in [5.74, 6) is 0.736. The van der Waals surface area contributed by atoms with E-state index >= 15 is 0 Å². The van der Waals surface area contributed by atoms with Crippen molar-refractivity contribution in [2.75, 3.05) is 25.0 Å². The predicted molar refractivity (Wildman–Crippen MR) is 126 cm³/mol. The molecule has 0 radical (unpaired) electrons. The molecule has 0 spiro atoms. The van der Waals surface area contributed by atoms with Gasteiger partial charge in [-0.3, -0.25) is 4.79 Å². The molecule has 1 aromatic heterocycles. The molecule has 2 aromatic carbocycles. The van der Waals surface area contributed by atoms with Gasteiger partial charge in [-0.2, -0.15) is 0 Å². The van der Waals surface area contributed by atoms with Crippen molar-refractivity contribution in [3.63, 3.8) is 0 Å². The third-order valence-electron chi connectivity index (χ3n) is 5.63. The number of hydrogen-bond acceptors (Lipinski definition) is 6. The molecule has 4 N–H and O–H groups in total. The Kier molecular flexibility index (Phi) is 7.30. The predicted octanol–water partition coefficient (Wildman–Crippen LogP) is 3.38. The highest BCUT2D eigenvalue weighted by atomic mass is 16.3. The van der Waals surface area contributed by atoms with E-state index in [0.717, 1.165) is 36.2 Å². The molecular weight excluding hydrogens is 402 g/mol. The molecule has 0 aliphatic carbocycles. The Hall–Kier alpha value is -3.45. The van der Waals surface area contributed by atoms with E-state index in [1.165, 1.54) is 12.8 Å². The average molecular weight is 432 g/mol. The molecule has 1 saturated heterocycles. The molecule has 7 nitrogen and oxygen atoms in total. The van der Waals surface area contributed by atoms with Crippen LogP contribution >= 0.6 is 0 Å². The second kappa shape index (κ2) is 10.7. The van der Waals surface area contributed by atoms with Gasteiger partial charge in [-0.1, -0.05) is 30.7 Å². The van der Waals surface area contributed by atoms with Gasteiger partial charge in [0.2, 0.25) is 5.95 Å². The molecule has 2 heterocycles. The fourth-order valence-electron chi connectivity index (χ4n) is 3.82. The molecule has 32 heavy (non-hydrogen) atoms. The van der Waals surface area contributed by atoms with Crippen molar-refractivity contribution in [2.24, 2.45) is 0 Å². The first kappa shape index (κ1) is 21.8. The zero-order valence-electron chi connectivity index (χ0n) is 18.1. The number of benzene rings is 2. The van der Waals surface area contributed by atoms with Gasteiger partial charge < -0.3 is 21.1 Å². The number of nitrogens with one attached hydrogen (secondary N) is 3. The number of rotatable bonds is 8. The van der Waals surface area contributed by atoms with E-state index in [2.05, 4.69) is 25.9 Å². The second-order valence-electron chi connectivity index (χ2n) is 8.05. The number of aromatic hydroxyl groups is 1. The molecule has 4 rings (SSSR count). The Morgan fingerprint density at radius 1 is 1.12 bits per heavy atom. The van der Waals surface area contributed by atoms with Crippen LogP contribution in [0.25, 0.3) is 11.3 Å². The number of hydrogen-bond donors (Lipinski definition) is 4. The molecule has 0 bridgehead atoms. The first-order valence-corrected chi connectivity index (χ1v) is 11.1. The normalized spacial score (nSPS) is 15.8. The van der Waals surface area contributed by atoms with Gasteiger partial charge in [0.25, 0.3) is 5.91 Å². The molecule has 1 amide bonds. The van der Waals surface area contributed by atoms with Crippen molar-refractivity contribution in [3.8, 4) is 17.0 Å². The topological polar surface area (TPSA) is 99.2 Å². The zero-order chi connectivity index (χ0) is 22.2. The number of carbonyl (C=O) groups is 1. The molecule has 1 aliphatic rings.